The van der Waals surface area contributed by atoms with Crippen LogP contribution in [0.2, 0.25) is 0 Å². The molecule has 0 amide bonds. The summed E-state index contributed by atoms with van der Waals surface area (Å²) in [6.45, 7) is 33.7. The van der Waals surface area contributed by atoms with Gasteiger partial charge >= 0.3 is 0 Å². The molecule has 0 bridgehead atoms. The molecule has 2 heterocycles. The molecule has 68 heavy (non-hydrogen) atoms. The van der Waals surface area contributed by atoms with Crippen LogP contribution in [0.4, 0.5) is 22.7 Å². The maximum absolute atomic E-state index is 6.83. The zero-order valence-electron chi connectivity index (χ0n) is 42.9. The van der Waals surface area contributed by atoms with Crippen LogP contribution in [0.5, 0.6) is 11.5 Å². The van der Waals surface area contributed by atoms with Crippen LogP contribution in [0.1, 0.15) is 132 Å². The van der Waals surface area contributed by atoms with E-state index in [1.54, 1.807) is 0 Å². The van der Waals surface area contributed by atoms with Crippen molar-refractivity contribution in [1.29, 1.82) is 0 Å². The average Bonchev–Trinajstić information content (AvgIpc) is 3.57. The number of pyridine rings is 1. The van der Waals surface area contributed by atoms with Crippen molar-refractivity contribution in [1.82, 2.24) is 9.55 Å². The molecule has 0 aliphatic rings. The topological polar surface area (TPSA) is 42.3 Å². The summed E-state index contributed by atoms with van der Waals surface area (Å²) >= 11 is 0. The first kappa shape index (κ1) is 50.2. The van der Waals surface area contributed by atoms with Crippen molar-refractivity contribution < 1.29 is 25.8 Å². The Morgan fingerprint density at radius 1 is 0.529 bits per heavy atom. The number of hydrogen-bond acceptors (Lipinski definition) is 4. The Labute approximate surface area is 421 Å². The van der Waals surface area contributed by atoms with Gasteiger partial charge < -0.3 is 19.5 Å². The van der Waals surface area contributed by atoms with Crippen LogP contribution < -0.4 is 15.0 Å². The molecule has 8 aromatic rings. The summed E-state index contributed by atoms with van der Waals surface area (Å²) in [6, 6.07) is 51.0. The summed E-state index contributed by atoms with van der Waals surface area (Å²) in [5.41, 5.74) is 13.9. The number of hydrogen-bond donors (Lipinski definition) is 1. The summed E-state index contributed by atoms with van der Waals surface area (Å²) in [6.07, 6.45) is 1.92. The Kier molecular flexibility index (Phi) is 13.6. The number of benzene rings is 6. The maximum atomic E-state index is 6.83. The Bertz CT molecular complexity index is 3110. The maximum Gasteiger partial charge on any atom is 0.135 e. The first-order chi connectivity index (χ1) is 31.2. The third kappa shape index (κ3) is 10.6. The van der Waals surface area contributed by atoms with Gasteiger partial charge in [-0.2, -0.15) is 6.07 Å². The van der Waals surface area contributed by atoms with Gasteiger partial charge in [0.25, 0.3) is 0 Å². The van der Waals surface area contributed by atoms with Gasteiger partial charge in [-0.15, -0.1) is 47.0 Å². The number of rotatable bonds is 8. The van der Waals surface area contributed by atoms with Gasteiger partial charge in [-0.25, -0.2) is 4.98 Å². The zero-order valence-corrected chi connectivity index (χ0v) is 45.2. The summed E-state index contributed by atoms with van der Waals surface area (Å²) in [5, 5.41) is 6.05. The molecule has 0 aliphatic carbocycles. The standard InChI is InChI=1S/C62H69N4O.Pt/c1-58(2,3)42-23-21-40(22-24-42)41-31-45(61(10,11)12)33-47(32-41)64-53-19-17-18-20-54(53)65(16)48-34-46(62(13,14)15)35-50(38-48)67-49-26-28-52-51-27-25-43(59(4,5)6)36-55(51)66(56(52)39-49)57-37-44(29-30-63-57)60(7,8)9;/h17-37,64H,16H2,1-15H3;/q-3;. The molecular weight excluding hydrogens is 1010 g/mol. The fourth-order valence-corrected chi connectivity index (χ4v) is 8.54. The molecule has 6 aromatic carbocycles. The first-order valence-electron chi connectivity index (χ1n) is 23.7. The second-order valence-corrected chi connectivity index (χ2v) is 23.5. The fourth-order valence-electron chi connectivity index (χ4n) is 8.54. The molecule has 6 heteroatoms. The average molecular weight is 1080 g/mol. The molecule has 8 rings (SSSR count). The number of nitrogens with zero attached hydrogens (tertiary/aromatic N) is 3. The number of fused-ring (bicyclic) bond motifs is 3. The SMILES string of the molecule is [CH2-]N(c1[c-]c(Oc2[c-]c3c(cc2)c2ccc(C(C)(C)C)cc2n3-c2cc(C(C)(C)C)ccn2)cc(C(C)(C)C)c1)c1ccccc1Nc1cc(-c2ccc(C(C)(C)C)cc2)cc(C(C)(C)C)c1.[Pt]. The molecule has 0 radical (unpaired) electrons. The summed E-state index contributed by atoms with van der Waals surface area (Å²) in [7, 11) is 4.65. The van der Waals surface area contributed by atoms with Crippen molar-refractivity contribution in [2.24, 2.45) is 0 Å². The van der Waals surface area contributed by atoms with Crippen molar-refractivity contribution >= 4 is 44.6 Å². The van der Waals surface area contributed by atoms with Crippen molar-refractivity contribution in [2.75, 3.05) is 10.2 Å². The minimum absolute atomic E-state index is 0. The monoisotopic (exact) mass is 1080 g/mol. The predicted molar refractivity (Wildman–Crippen MR) is 285 cm³/mol. The van der Waals surface area contributed by atoms with E-state index in [1.807, 2.05) is 17.2 Å². The normalized spacial score (nSPS) is 12.6. The summed E-state index contributed by atoms with van der Waals surface area (Å²) in [5.74, 6) is 2.03. The van der Waals surface area contributed by atoms with Crippen LogP contribution in [-0.2, 0) is 48.1 Å². The van der Waals surface area contributed by atoms with E-state index in [2.05, 4.69) is 248 Å². The number of aromatic nitrogens is 2. The van der Waals surface area contributed by atoms with Crippen molar-refractivity contribution in [2.45, 2.75) is 131 Å². The number of anilines is 4. The largest absolute Gasteiger partial charge is 0.516 e. The Hall–Kier alpha value is -5.64. The van der Waals surface area contributed by atoms with E-state index in [1.165, 1.54) is 33.4 Å². The molecule has 356 valence electrons. The van der Waals surface area contributed by atoms with Crippen molar-refractivity contribution in [3.05, 3.63) is 175 Å². The third-order valence-corrected chi connectivity index (χ3v) is 12.9. The molecule has 0 spiro atoms. The van der Waals surface area contributed by atoms with E-state index < -0.39 is 0 Å². The molecular formula is C62H69N4OPt-3. The third-order valence-electron chi connectivity index (χ3n) is 12.9. The fraction of sp³-hybridized carbons (Fsp3) is 0.323. The van der Waals surface area contributed by atoms with E-state index in [0.717, 1.165) is 55.9 Å². The van der Waals surface area contributed by atoms with Crippen LogP contribution in [0, 0.1) is 19.2 Å². The van der Waals surface area contributed by atoms with E-state index in [9.17, 15) is 0 Å². The quantitative estimate of drug-likeness (QED) is 0.154. The predicted octanol–water partition coefficient (Wildman–Crippen LogP) is 17.4. The van der Waals surface area contributed by atoms with Gasteiger partial charge in [0.2, 0.25) is 0 Å². The zero-order chi connectivity index (χ0) is 48.4. The second kappa shape index (κ2) is 18.4. The molecule has 0 saturated heterocycles. The Morgan fingerprint density at radius 3 is 1.76 bits per heavy atom. The van der Waals surface area contributed by atoms with Crippen LogP contribution in [0.25, 0.3) is 38.8 Å². The molecule has 1 N–H and O–H groups in total. The van der Waals surface area contributed by atoms with Gasteiger partial charge in [0.05, 0.1) is 5.69 Å². The van der Waals surface area contributed by atoms with Gasteiger partial charge in [0.15, 0.2) is 0 Å². The molecule has 0 atom stereocenters. The van der Waals surface area contributed by atoms with Gasteiger partial charge in [-0.1, -0.05) is 164 Å². The van der Waals surface area contributed by atoms with Gasteiger partial charge in [-0.3, -0.25) is 7.05 Å². The number of ether oxygens (including phenoxy) is 1. The van der Waals surface area contributed by atoms with Crippen LogP contribution in [0.3, 0.4) is 0 Å². The molecule has 0 aliphatic heterocycles. The van der Waals surface area contributed by atoms with Gasteiger partial charge in [0.1, 0.15) is 5.82 Å². The Balaban J connectivity index is 0.00000684. The number of para-hydroxylation sites is 2. The Morgan fingerprint density at radius 2 is 1.12 bits per heavy atom. The van der Waals surface area contributed by atoms with E-state index in [-0.39, 0.29) is 48.1 Å². The van der Waals surface area contributed by atoms with Crippen LogP contribution in [-0.4, -0.2) is 9.55 Å². The minimum atomic E-state index is -0.190. The number of nitrogens with one attached hydrogen (secondary N) is 1. The van der Waals surface area contributed by atoms with E-state index in [0.29, 0.717) is 11.5 Å². The minimum Gasteiger partial charge on any atom is -0.516 e. The summed E-state index contributed by atoms with van der Waals surface area (Å²) in [4.78, 5) is 6.91. The van der Waals surface area contributed by atoms with Crippen molar-refractivity contribution in [3.8, 4) is 28.4 Å². The molecule has 0 fully saturated rings. The summed E-state index contributed by atoms with van der Waals surface area (Å²) < 4.78 is 9.07. The molecule has 0 unspecified atom stereocenters. The second-order valence-electron chi connectivity index (χ2n) is 23.5. The van der Waals surface area contributed by atoms with Crippen LogP contribution >= 0.6 is 0 Å². The molecule has 2 aromatic heterocycles. The van der Waals surface area contributed by atoms with Gasteiger partial charge in [-0.05, 0) is 108 Å². The van der Waals surface area contributed by atoms with Gasteiger partial charge in [0, 0.05) is 55.7 Å². The molecule has 5 nitrogen and oxygen atoms in total. The first-order valence-corrected chi connectivity index (χ1v) is 23.7. The molecule has 0 saturated carbocycles. The van der Waals surface area contributed by atoms with E-state index in [4.69, 9.17) is 9.72 Å². The van der Waals surface area contributed by atoms with E-state index >= 15 is 0 Å². The van der Waals surface area contributed by atoms with Crippen molar-refractivity contribution in [3.63, 3.8) is 0 Å². The smallest absolute Gasteiger partial charge is 0.135 e. The van der Waals surface area contributed by atoms with Crippen LogP contribution in [0.15, 0.2) is 128 Å².